The van der Waals surface area contributed by atoms with Crippen LogP contribution in [0.15, 0.2) is 41.3 Å². The number of ether oxygens (including phenoxy) is 2. The Kier molecular flexibility index (Phi) is 5.02. The molecule has 0 N–H and O–H groups in total. The molecule has 3 atom stereocenters. The lowest BCUT2D eigenvalue weighted by atomic mass is 9.71. The normalized spacial score (nSPS) is 27.6. The fourth-order valence-electron chi connectivity index (χ4n) is 4.56. The number of benzene rings is 2. The number of nitrogens with zero attached hydrogens (tertiary/aromatic N) is 1. The molecule has 0 spiro atoms. The zero-order chi connectivity index (χ0) is 23.5. The van der Waals surface area contributed by atoms with Crippen LogP contribution in [0.3, 0.4) is 0 Å². The van der Waals surface area contributed by atoms with E-state index >= 15 is 4.39 Å². The van der Waals surface area contributed by atoms with Gasteiger partial charge in [-0.1, -0.05) is 0 Å². The van der Waals surface area contributed by atoms with Crippen molar-refractivity contribution in [3.05, 3.63) is 59.2 Å². The van der Waals surface area contributed by atoms with E-state index in [2.05, 4.69) is 0 Å². The topological polar surface area (TPSA) is 76.4 Å². The van der Waals surface area contributed by atoms with Gasteiger partial charge in [-0.25, -0.2) is 17.2 Å². The molecule has 5 nitrogen and oxygen atoms in total. The monoisotopic (exact) mass is 473 g/mol. The van der Waals surface area contributed by atoms with Gasteiger partial charge in [0.25, 0.3) is 0 Å². The number of hydrogen-bond acceptors (Lipinski definition) is 5. The molecule has 170 valence electrons. The number of alkyl halides is 3. The molecule has 0 unspecified atom stereocenters. The summed E-state index contributed by atoms with van der Waals surface area (Å²) in [4.78, 5) is -0.519. The van der Waals surface area contributed by atoms with Crippen LogP contribution in [-0.4, -0.2) is 27.2 Å². The van der Waals surface area contributed by atoms with E-state index in [0.29, 0.717) is 12.1 Å². The van der Waals surface area contributed by atoms with Crippen LogP contribution in [0.2, 0.25) is 0 Å². The summed E-state index contributed by atoms with van der Waals surface area (Å²) in [6.45, 7) is 0.562. The van der Waals surface area contributed by atoms with Gasteiger partial charge in [-0.05, 0) is 49.7 Å². The van der Waals surface area contributed by atoms with Gasteiger partial charge in [-0.2, -0.15) is 18.4 Å². The Labute approximate surface area is 180 Å². The van der Waals surface area contributed by atoms with E-state index < -0.39 is 72.3 Å². The Hall–Kier alpha value is -2.71. The number of hydrogen-bond donors (Lipinski definition) is 0. The zero-order valence-corrected chi connectivity index (χ0v) is 17.4. The second kappa shape index (κ2) is 7.15. The van der Waals surface area contributed by atoms with Crippen molar-refractivity contribution in [3.8, 4) is 11.8 Å². The van der Waals surface area contributed by atoms with Gasteiger partial charge in [0.2, 0.25) is 0 Å². The van der Waals surface area contributed by atoms with Crippen LogP contribution in [0.4, 0.5) is 22.0 Å². The molecule has 0 bridgehead atoms. The summed E-state index contributed by atoms with van der Waals surface area (Å²) in [5.74, 6) is -3.94. The standard InChI is InChI=1S/C21H16F5NO4S/c1-19(11-27)16-10-30-18-15(23)7-6-14(22)17(18)20(16,8-9-31-19)32(28,29)13-4-2-12(3-5-13)21(24,25)26/h2-7,16H,8-10H2,1H3/t16-,19-,20-/m0/s1. The van der Waals surface area contributed by atoms with Crippen LogP contribution >= 0.6 is 0 Å². The van der Waals surface area contributed by atoms with Crippen LogP contribution in [-0.2, 0) is 25.5 Å². The quantitative estimate of drug-likeness (QED) is 0.606. The van der Waals surface area contributed by atoms with E-state index in [1.165, 1.54) is 6.92 Å². The minimum absolute atomic E-state index is 0.282. The highest BCUT2D eigenvalue weighted by Crippen LogP contribution is 2.57. The fourth-order valence-corrected chi connectivity index (χ4v) is 6.96. The van der Waals surface area contributed by atoms with Gasteiger partial charge >= 0.3 is 6.18 Å². The third-order valence-electron chi connectivity index (χ3n) is 6.17. The van der Waals surface area contributed by atoms with Crippen molar-refractivity contribution in [2.75, 3.05) is 13.2 Å². The van der Waals surface area contributed by atoms with E-state index in [1.54, 1.807) is 0 Å². The van der Waals surface area contributed by atoms with Crippen LogP contribution in [0, 0.1) is 28.9 Å². The first-order chi connectivity index (χ1) is 14.9. The Morgan fingerprint density at radius 1 is 1.09 bits per heavy atom. The molecular weight excluding hydrogens is 457 g/mol. The highest BCUT2D eigenvalue weighted by atomic mass is 32.2. The summed E-state index contributed by atoms with van der Waals surface area (Å²) in [5, 5.41) is 9.72. The molecule has 2 aromatic rings. The second-order valence-corrected chi connectivity index (χ2v) is 10.0. The maximum Gasteiger partial charge on any atom is 0.416 e. The number of fused-ring (bicyclic) bond motifs is 3. The number of sulfone groups is 1. The van der Waals surface area contributed by atoms with Gasteiger partial charge < -0.3 is 9.47 Å². The Bertz CT molecular complexity index is 1220. The van der Waals surface area contributed by atoms with E-state index in [0.717, 1.165) is 24.3 Å². The first-order valence-electron chi connectivity index (χ1n) is 9.47. The number of halogens is 5. The Morgan fingerprint density at radius 3 is 2.31 bits per heavy atom. The number of rotatable bonds is 2. The summed E-state index contributed by atoms with van der Waals surface area (Å²) in [6, 6.07) is 6.18. The minimum atomic E-state index is -4.69. The second-order valence-electron chi connectivity index (χ2n) is 7.83. The van der Waals surface area contributed by atoms with Crippen molar-refractivity contribution in [1.82, 2.24) is 0 Å². The molecule has 11 heteroatoms. The molecule has 2 heterocycles. The van der Waals surface area contributed by atoms with E-state index in [4.69, 9.17) is 9.47 Å². The summed E-state index contributed by atoms with van der Waals surface area (Å²) in [6.07, 6.45) is -5.04. The fraction of sp³-hybridized carbons (Fsp3) is 0.381. The first kappa shape index (κ1) is 22.5. The minimum Gasteiger partial charge on any atom is -0.490 e. The third kappa shape index (κ3) is 3.00. The summed E-state index contributed by atoms with van der Waals surface area (Å²) >= 11 is 0. The molecule has 4 rings (SSSR count). The largest absolute Gasteiger partial charge is 0.490 e. The van der Waals surface area contributed by atoms with Crippen LogP contribution in [0.25, 0.3) is 0 Å². The SMILES string of the molecule is C[C@@]1(C#N)OCC[C@@]2(S(=O)(=O)c3ccc(C(F)(F)F)cc3)c3c(F)ccc(F)c3OC[C@@H]12. The molecule has 1 saturated heterocycles. The van der Waals surface area contributed by atoms with Crippen molar-refractivity contribution in [2.24, 2.45) is 5.92 Å². The molecule has 2 aliphatic rings. The molecule has 0 aliphatic carbocycles. The van der Waals surface area contributed by atoms with Crippen LogP contribution in [0.5, 0.6) is 5.75 Å². The molecule has 32 heavy (non-hydrogen) atoms. The van der Waals surface area contributed by atoms with Crippen molar-refractivity contribution in [3.63, 3.8) is 0 Å². The van der Waals surface area contributed by atoms with Crippen LogP contribution in [0.1, 0.15) is 24.5 Å². The van der Waals surface area contributed by atoms with Gasteiger partial charge in [0, 0.05) is 0 Å². The molecule has 2 aromatic carbocycles. The van der Waals surface area contributed by atoms with Crippen molar-refractivity contribution >= 4 is 9.84 Å². The third-order valence-corrected chi connectivity index (χ3v) is 8.72. The molecule has 2 aliphatic heterocycles. The molecular formula is C21H16F5NO4S. The number of nitriles is 1. The predicted octanol–water partition coefficient (Wildman–Crippen LogP) is 4.36. The van der Waals surface area contributed by atoms with Gasteiger partial charge in [-0.3, -0.25) is 0 Å². The predicted molar refractivity (Wildman–Crippen MR) is 100 cm³/mol. The van der Waals surface area contributed by atoms with Gasteiger partial charge in [0.15, 0.2) is 27.0 Å². The van der Waals surface area contributed by atoms with E-state index in [1.807, 2.05) is 6.07 Å². The first-order valence-corrected chi connectivity index (χ1v) is 11.0. The Balaban J connectivity index is 2.02. The van der Waals surface area contributed by atoms with Gasteiger partial charge in [0.05, 0.1) is 41.2 Å². The lowest BCUT2D eigenvalue weighted by molar-refractivity contribution is -0.137. The van der Waals surface area contributed by atoms with E-state index in [9.17, 15) is 31.2 Å². The van der Waals surface area contributed by atoms with Gasteiger partial charge in [0.1, 0.15) is 10.6 Å². The molecule has 0 radical (unpaired) electrons. The molecule has 0 aromatic heterocycles. The van der Waals surface area contributed by atoms with Crippen molar-refractivity contribution < 1.29 is 39.8 Å². The Morgan fingerprint density at radius 2 is 1.72 bits per heavy atom. The maximum absolute atomic E-state index is 15.1. The van der Waals surface area contributed by atoms with Gasteiger partial charge in [-0.15, -0.1) is 0 Å². The average Bonchev–Trinajstić information content (AvgIpc) is 2.75. The van der Waals surface area contributed by atoms with Crippen molar-refractivity contribution in [1.29, 1.82) is 5.26 Å². The summed E-state index contributed by atoms with van der Waals surface area (Å²) in [7, 11) is -4.66. The smallest absolute Gasteiger partial charge is 0.416 e. The lowest BCUT2D eigenvalue weighted by Crippen LogP contribution is -2.61. The zero-order valence-electron chi connectivity index (χ0n) is 16.5. The molecule has 0 amide bonds. The maximum atomic E-state index is 15.1. The summed E-state index contributed by atoms with van der Waals surface area (Å²) in [5.41, 5.74) is -3.39. The highest BCUT2D eigenvalue weighted by Gasteiger charge is 2.65. The average molecular weight is 473 g/mol. The van der Waals surface area contributed by atoms with E-state index in [-0.39, 0.29) is 13.0 Å². The lowest BCUT2D eigenvalue weighted by Gasteiger charge is -2.52. The summed E-state index contributed by atoms with van der Waals surface area (Å²) < 4.78 is 105. The molecule has 1 fully saturated rings. The van der Waals surface area contributed by atoms with Crippen molar-refractivity contribution in [2.45, 2.75) is 34.8 Å². The van der Waals surface area contributed by atoms with Crippen LogP contribution < -0.4 is 4.74 Å². The molecule has 0 saturated carbocycles. The highest BCUT2D eigenvalue weighted by molar-refractivity contribution is 7.92.